The fourth-order valence-corrected chi connectivity index (χ4v) is 4.58. The van der Waals surface area contributed by atoms with E-state index in [1.165, 1.54) is 12.1 Å². The van der Waals surface area contributed by atoms with E-state index in [2.05, 4.69) is 20.6 Å². The van der Waals surface area contributed by atoms with E-state index in [0.29, 0.717) is 29.0 Å². The first-order valence-corrected chi connectivity index (χ1v) is 14.4. The average Bonchev–Trinajstić information content (AvgIpc) is 3.27. The Bertz CT molecular complexity index is 1930. The van der Waals surface area contributed by atoms with Crippen molar-refractivity contribution in [1.82, 2.24) is 19.5 Å². The average molecular weight is 648 g/mol. The first kappa shape index (κ1) is 32.6. The van der Waals surface area contributed by atoms with Crippen LogP contribution in [-0.2, 0) is 27.7 Å². The summed E-state index contributed by atoms with van der Waals surface area (Å²) in [5, 5.41) is 13.4. The Hall–Kier alpha value is -5.29. The molecule has 0 unspecified atom stereocenters. The number of nitrogens with one attached hydrogen (secondary N) is 2. The molecule has 5 rings (SSSR count). The van der Waals surface area contributed by atoms with E-state index >= 15 is 0 Å². The monoisotopic (exact) mass is 647 g/mol. The van der Waals surface area contributed by atoms with Gasteiger partial charge in [0.25, 0.3) is 10.1 Å². The van der Waals surface area contributed by atoms with Crippen molar-refractivity contribution in [2.45, 2.75) is 11.9 Å². The Morgan fingerprint density at radius 3 is 2.31 bits per heavy atom. The van der Waals surface area contributed by atoms with Crippen LogP contribution in [0.5, 0.6) is 0 Å². The van der Waals surface area contributed by atoms with Gasteiger partial charge in [0, 0.05) is 37.4 Å². The largest absolute Gasteiger partial charge is 0.490 e. The van der Waals surface area contributed by atoms with Crippen molar-refractivity contribution in [1.29, 1.82) is 0 Å². The van der Waals surface area contributed by atoms with Crippen molar-refractivity contribution in [3.63, 3.8) is 0 Å². The summed E-state index contributed by atoms with van der Waals surface area (Å²) in [6.07, 6.45) is -3.47. The molecular weight excluding hydrogens is 622 g/mol. The molecule has 17 heteroatoms. The molecular formula is C28H25F4N7O5S. The maximum atomic E-state index is 13.2. The summed E-state index contributed by atoms with van der Waals surface area (Å²) in [6, 6.07) is 20.4. The van der Waals surface area contributed by atoms with Gasteiger partial charge in [-0.25, -0.2) is 19.2 Å². The van der Waals surface area contributed by atoms with E-state index in [-0.39, 0.29) is 5.82 Å². The zero-order valence-electron chi connectivity index (χ0n) is 23.5. The number of anilines is 6. The molecule has 0 saturated heterocycles. The number of aryl methyl sites for hydroxylation is 1. The summed E-state index contributed by atoms with van der Waals surface area (Å²) in [5.74, 6) is -1.98. The highest BCUT2D eigenvalue weighted by molar-refractivity contribution is 7.85. The number of nitrogens with zero attached hydrogens (tertiary/aromatic N) is 5. The van der Waals surface area contributed by atoms with Crippen LogP contribution in [0, 0.1) is 5.82 Å². The van der Waals surface area contributed by atoms with Crippen LogP contribution in [0.3, 0.4) is 0 Å². The van der Waals surface area contributed by atoms with Crippen molar-refractivity contribution in [3.8, 4) is 0 Å². The van der Waals surface area contributed by atoms with Crippen LogP contribution >= 0.6 is 0 Å². The summed E-state index contributed by atoms with van der Waals surface area (Å²) in [5.41, 5.74) is 4.28. The lowest BCUT2D eigenvalue weighted by Gasteiger charge is -2.19. The van der Waals surface area contributed by atoms with Crippen LogP contribution in [0.15, 0.2) is 79.0 Å². The SMILES string of the molecule is CN(c1ccc2c(c1)nc(Nc1ccc(F)cc1)n2C)c1ccnc(Nc2cccc(CS(=O)(=O)O)c2)n1.O=C(O)C(F)(F)F. The number of hydrogen-bond acceptors (Lipinski definition) is 9. The lowest BCUT2D eigenvalue weighted by atomic mass is 10.2. The number of alkyl halides is 3. The van der Waals surface area contributed by atoms with Crippen molar-refractivity contribution in [2.75, 3.05) is 22.6 Å². The maximum Gasteiger partial charge on any atom is 0.490 e. The molecule has 0 radical (unpaired) electrons. The number of aromatic nitrogens is 4. The minimum absolute atomic E-state index is 0.304. The number of benzene rings is 3. The normalized spacial score (nSPS) is 11.4. The van der Waals surface area contributed by atoms with Crippen LogP contribution in [0.1, 0.15) is 5.56 Å². The predicted molar refractivity (Wildman–Crippen MR) is 159 cm³/mol. The molecule has 2 aromatic heterocycles. The molecule has 3 aromatic carbocycles. The molecule has 12 nitrogen and oxygen atoms in total. The molecule has 236 valence electrons. The third-order valence-corrected chi connectivity index (χ3v) is 6.81. The number of fused-ring (bicyclic) bond motifs is 1. The first-order chi connectivity index (χ1) is 21.1. The standard InChI is InChI=1S/C26H24FN7O3S.C2HF3O2/c1-33(24-12-13-28-25(32-24)29-20-5-3-4-17(14-20)16-38(35,36)37)21-10-11-23-22(15-21)31-26(34(23)2)30-19-8-6-18(27)7-9-19;3-2(4,5)1(6)7/h3-15H,16H2,1-2H3,(H,30,31)(H,28,29,32)(H,35,36,37);(H,6,7). The zero-order chi connectivity index (χ0) is 32.9. The van der Waals surface area contributed by atoms with E-state index < -0.39 is 28.0 Å². The van der Waals surface area contributed by atoms with E-state index in [4.69, 9.17) is 19.4 Å². The molecule has 2 heterocycles. The number of halogens is 4. The van der Waals surface area contributed by atoms with E-state index in [1.807, 2.05) is 41.8 Å². The van der Waals surface area contributed by atoms with Crippen molar-refractivity contribution >= 4 is 61.9 Å². The van der Waals surface area contributed by atoms with Crippen LogP contribution < -0.4 is 15.5 Å². The molecule has 0 atom stereocenters. The number of carbonyl (C=O) groups is 1. The van der Waals surface area contributed by atoms with Gasteiger partial charge in [-0.3, -0.25) is 4.55 Å². The number of imidazole rings is 1. The molecule has 0 saturated carbocycles. The number of aliphatic carboxylic acids is 1. The Labute approximate surface area is 253 Å². The Morgan fingerprint density at radius 2 is 1.67 bits per heavy atom. The van der Waals surface area contributed by atoms with Gasteiger partial charge in [-0.15, -0.1) is 0 Å². The zero-order valence-corrected chi connectivity index (χ0v) is 24.3. The van der Waals surface area contributed by atoms with Gasteiger partial charge in [-0.2, -0.15) is 26.6 Å². The maximum absolute atomic E-state index is 13.2. The Balaban J connectivity index is 0.000000591. The number of carboxylic acid groups (broad SMARTS) is 1. The summed E-state index contributed by atoms with van der Waals surface area (Å²) in [4.78, 5) is 24.3. The summed E-state index contributed by atoms with van der Waals surface area (Å²) >= 11 is 0. The first-order valence-electron chi connectivity index (χ1n) is 12.8. The topological polar surface area (TPSA) is 163 Å². The van der Waals surface area contributed by atoms with E-state index in [9.17, 15) is 26.0 Å². The van der Waals surface area contributed by atoms with E-state index in [1.54, 1.807) is 48.7 Å². The lowest BCUT2D eigenvalue weighted by molar-refractivity contribution is -0.192. The smallest absolute Gasteiger partial charge is 0.475 e. The number of hydrogen-bond donors (Lipinski definition) is 4. The van der Waals surface area contributed by atoms with Gasteiger partial charge in [0.2, 0.25) is 11.9 Å². The highest BCUT2D eigenvalue weighted by atomic mass is 32.2. The van der Waals surface area contributed by atoms with Crippen molar-refractivity contribution in [3.05, 3.63) is 90.4 Å². The van der Waals surface area contributed by atoms with Gasteiger partial charge in [-0.1, -0.05) is 12.1 Å². The molecule has 0 aliphatic carbocycles. The fraction of sp³-hybridized carbons (Fsp3) is 0.143. The minimum atomic E-state index is -5.08. The second kappa shape index (κ2) is 13.1. The van der Waals surface area contributed by atoms with Crippen LogP contribution in [0.2, 0.25) is 0 Å². The van der Waals surface area contributed by atoms with Gasteiger partial charge >= 0.3 is 12.1 Å². The quantitative estimate of drug-likeness (QED) is 0.119. The van der Waals surface area contributed by atoms with Crippen LogP contribution in [-0.4, -0.2) is 56.8 Å². The summed E-state index contributed by atoms with van der Waals surface area (Å²) in [6.45, 7) is 0. The van der Waals surface area contributed by atoms with Gasteiger partial charge in [0.15, 0.2) is 0 Å². The third-order valence-electron chi connectivity index (χ3n) is 6.11. The van der Waals surface area contributed by atoms with Crippen LogP contribution in [0.25, 0.3) is 11.0 Å². The second-order valence-electron chi connectivity index (χ2n) is 9.45. The molecule has 0 bridgehead atoms. The highest BCUT2D eigenvalue weighted by Gasteiger charge is 2.38. The number of rotatable bonds is 8. The van der Waals surface area contributed by atoms with Gasteiger partial charge in [0.05, 0.1) is 11.0 Å². The third kappa shape index (κ3) is 8.87. The Morgan fingerprint density at radius 1 is 0.978 bits per heavy atom. The van der Waals surface area contributed by atoms with E-state index in [0.717, 1.165) is 22.4 Å². The Kier molecular flexibility index (Phi) is 9.53. The van der Waals surface area contributed by atoms with Crippen molar-refractivity contribution in [2.24, 2.45) is 7.05 Å². The molecule has 0 aliphatic heterocycles. The molecule has 0 aliphatic rings. The molecule has 0 amide bonds. The van der Waals surface area contributed by atoms with Crippen molar-refractivity contribution < 1.29 is 40.4 Å². The highest BCUT2D eigenvalue weighted by Crippen LogP contribution is 2.29. The summed E-state index contributed by atoms with van der Waals surface area (Å²) < 4.78 is 78.4. The fourth-order valence-electron chi connectivity index (χ4n) is 3.98. The van der Waals surface area contributed by atoms with Gasteiger partial charge in [0.1, 0.15) is 17.4 Å². The number of carboxylic acids is 1. The predicted octanol–water partition coefficient (Wildman–Crippen LogP) is 5.78. The van der Waals surface area contributed by atoms with Gasteiger partial charge < -0.3 is 25.2 Å². The second-order valence-corrected chi connectivity index (χ2v) is 10.9. The molecule has 45 heavy (non-hydrogen) atoms. The molecule has 0 fully saturated rings. The van der Waals surface area contributed by atoms with Gasteiger partial charge in [-0.05, 0) is 66.2 Å². The lowest BCUT2D eigenvalue weighted by Crippen LogP contribution is -2.21. The minimum Gasteiger partial charge on any atom is -0.475 e. The summed E-state index contributed by atoms with van der Waals surface area (Å²) in [7, 11) is -0.363. The molecule has 4 N–H and O–H groups in total. The van der Waals surface area contributed by atoms with Crippen LogP contribution in [0.4, 0.5) is 52.3 Å². The molecule has 0 spiro atoms. The molecule has 5 aromatic rings.